The van der Waals surface area contributed by atoms with Crippen LogP contribution in [0.1, 0.15) is 0 Å². The molecule has 0 heterocycles. The first-order valence-corrected chi connectivity index (χ1v) is 3.11. The maximum atomic E-state index is 11.5. The van der Waals surface area contributed by atoms with E-state index >= 15 is 0 Å². The Kier molecular flexibility index (Phi) is 3.18. The standard InChI is InChI=1S/C4F6S2/c5-3(6,7)1(11)2(12)4(8,9)10. The Morgan fingerprint density at radius 3 is 0.917 bits per heavy atom. The fourth-order valence-corrected chi connectivity index (χ4v) is 0.489. The number of halogens is 6. The molecule has 0 nitrogen and oxygen atoms in total. The quantitative estimate of drug-likeness (QED) is 0.498. The van der Waals surface area contributed by atoms with E-state index in [4.69, 9.17) is 0 Å². The first kappa shape index (κ1) is 11.8. The van der Waals surface area contributed by atoms with Crippen LogP contribution in [-0.4, -0.2) is 22.1 Å². The predicted octanol–water partition coefficient (Wildman–Crippen LogP) is 2.85. The molecule has 0 saturated carbocycles. The molecule has 0 aromatic heterocycles. The Morgan fingerprint density at radius 1 is 0.667 bits per heavy atom. The van der Waals surface area contributed by atoms with Crippen LogP contribution in [0.5, 0.6) is 0 Å². The van der Waals surface area contributed by atoms with Gasteiger partial charge in [0.05, 0.1) is 0 Å². The average molecular weight is 226 g/mol. The molecule has 0 aliphatic rings. The van der Waals surface area contributed by atoms with Gasteiger partial charge in [-0.2, -0.15) is 26.3 Å². The minimum atomic E-state index is -5.19. The lowest BCUT2D eigenvalue weighted by Crippen LogP contribution is -2.36. The molecule has 0 radical (unpaired) electrons. The van der Waals surface area contributed by atoms with Gasteiger partial charge < -0.3 is 0 Å². The maximum Gasteiger partial charge on any atom is 0.427 e. The van der Waals surface area contributed by atoms with Crippen molar-refractivity contribution in [2.75, 3.05) is 0 Å². The van der Waals surface area contributed by atoms with E-state index in [9.17, 15) is 26.3 Å². The summed E-state index contributed by atoms with van der Waals surface area (Å²) in [5, 5.41) is 0. The topological polar surface area (TPSA) is 0 Å². The Hall–Kier alpha value is -0.240. The van der Waals surface area contributed by atoms with Crippen LogP contribution < -0.4 is 0 Å². The first-order valence-electron chi connectivity index (χ1n) is 2.29. The van der Waals surface area contributed by atoms with E-state index in [1.807, 2.05) is 0 Å². The van der Waals surface area contributed by atoms with Crippen molar-refractivity contribution in [3.05, 3.63) is 0 Å². The minimum absolute atomic E-state index is 2.20. The molecule has 0 rings (SSSR count). The summed E-state index contributed by atoms with van der Waals surface area (Å²) in [5.74, 6) is 0. The summed E-state index contributed by atoms with van der Waals surface area (Å²) in [6.07, 6.45) is -10.4. The van der Waals surface area contributed by atoms with E-state index in [1.165, 1.54) is 0 Å². The third-order valence-electron chi connectivity index (χ3n) is 0.721. The SMILES string of the molecule is FC(F)(F)C(=S)C(=S)C(F)(F)F. The van der Waals surface area contributed by atoms with E-state index in [0.29, 0.717) is 0 Å². The van der Waals surface area contributed by atoms with Crippen LogP contribution in [0.15, 0.2) is 0 Å². The zero-order valence-corrected chi connectivity index (χ0v) is 6.72. The minimum Gasteiger partial charge on any atom is -0.165 e. The van der Waals surface area contributed by atoms with Gasteiger partial charge in [0.1, 0.15) is 9.73 Å². The molecular formula is C4F6S2. The Labute approximate surface area is 73.5 Å². The molecule has 8 heteroatoms. The van der Waals surface area contributed by atoms with Crippen molar-refractivity contribution >= 4 is 34.2 Å². The lowest BCUT2D eigenvalue weighted by atomic mass is 10.3. The van der Waals surface area contributed by atoms with E-state index in [-0.39, 0.29) is 0 Å². The van der Waals surface area contributed by atoms with Gasteiger partial charge in [0.2, 0.25) is 0 Å². The maximum absolute atomic E-state index is 11.5. The van der Waals surface area contributed by atoms with Crippen LogP contribution in [0.25, 0.3) is 0 Å². The third-order valence-corrected chi connectivity index (χ3v) is 1.72. The van der Waals surface area contributed by atoms with Crippen molar-refractivity contribution in [2.24, 2.45) is 0 Å². The molecule has 12 heavy (non-hydrogen) atoms. The number of thiocarbonyl (C=S) groups is 2. The monoisotopic (exact) mass is 226 g/mol. The summed E-state index contributed by atoms with van der Waals surface area (Å²) in [7, 11) is 0. The third kappa shape index (κ3) is 3.02. The highest BCUT2D eigenvalue weighted by atomic mass is 32.1. The molecule has 0 amide bonds. The highest BCUT2D eigenvalue weighted by Crippen LogP contribution is 2.26. The summed E-state index contributed by atoms with van der Waals surface area (Å²) in [6, 6.07) is 0. The molecule has 0 N–H and O–H groups in total. The second kappa shape index (κ2) is 3.25. The van der Waals surface area contributed by atoms with E-state index in [0.717, 1.165) is 0 Å². The van der Waals surface area contributed by atoms with Crippen molar-refractivity contribution in [1.82, 2.24) is 0 Å². The summed E-state index contributed by atoms with van der Waals surface area (Å²) in [6.45, 7) is 0. The van der Waals surface area contributed by atoms with Gasteiger partial charge in [-0.15, -0.1) is 0 Å². The number of rotatable bonds is 1. The summed E-state index contributed by atoms with van der Waals surface area (Å²) >= 11 is 6.95. The van der Waals surface area contributed by atoms with Gasteiger partial charge in [-0.05, 0) is 0 Å². The highest BCUT2D eigenvalue weighted by molar-refractivity contribution is 7.89. The van der Waals surface area contributed by atoms with Crippen LogP contribution >= 0.6 is 24.4 Å². The van der Waals surface area contributed by atoms with Crippen LogP contribution in [0, 0.1) is 0 Å². The van der Waals surface area contributed by atoms with Crippen molar-refractivity contribution in [3.8, 4) is 0 Å². The lowest BCUT2D eigenvalue weighted by molar-refractivity contribution is -0.0677. The summed E-state index contributed by atoms with van der Waals surface area (Å²) in [5.41, 5.74) is 0. The molecule has 0 aromatic rings. The molecule has 0 unspecified atom stereocenters. The van der Waals surface area contributed by atoms with Gasteiger partial charge in [0, 0.05) is 0 Å². The van der Waals surface area contributed by atoms with Gasteiger partial charge in [0.15, 0.2) is 0 Å². The normalized spacial score (nSPS) is 12.8. The number of alkyl halides is 6. The van der Waals surface area contributed by atoms with Gasteiger partial charge in [0.25, 0.3) is 0 Å². The molecule has 0 aromatic carbocycles. The summed E-state index contributed by atoms with van der Waals surface area (Å²) < 4.78 is 69.0. The molecule has 0 spiro atoms. The van der Waals surface area contributed by atoms with Crippen molar-refractivity contribution in [1.29, 1.82) is 0 Å². The molecule has 0 fully saturated rings. The molecule has 0 bridgehead atoms. The fraction of sp³-hybridized carbons (Fsp3) is 0.500. The zero-order chi connectivity index (χ0) is 10.2. The second-order valence-electron chi connectivity index (χ2n) is 1.65. The Morgan fingerprint density at radius 2 is 0.833 bits per heavy atom. The molecule has 0 aliphatic heterocycles. The van der Waals surface area contributed by atoms with Crippen LogP contribution in [0.3, 0.4) is 0 Å². The molecule has 0 aliphatic carbocycles. The van der Waals surface area contributed by atoms with Crippen LogP contribution in [0.2, 0.25) is 0 Å². The second-order valence-corrected chi connectivity index (χ2v) is 2.47. The summed E-state index contributed by atoms with van der Waals surface area (Å²) in [4.78, 5) is -4.41. The molecule has 0 saturated heterocycles. The molecular weight excluding hydrogens is 226 g/mol. The predicted molar refractivity (Wildman–Crippen MR) is 37.3 cm³/mol. The van der Waals surface area contributed by atoms with Gasteiger partial charge in [-0.3, -0.25) is 0 Å². The van der Waals surface area contributed by atoms with Crippen molar-refractivity contribution < 1.29 is 26.3 Å². The first-order chi connectivity index (χ1) is 5.07. The molecule has 0 atom stereocenters. The van der Waals surface area contributed by atoms with E-state index < -0.39 is 22.1 Å². The smallest absolute Gasteiger partial charge is 0.165 e. The molecule has 70 valence electrons. The van der Waals surface area contributed by atoms with Crippen LogP contribution in [-0.2, 0) is 0 Å². The average Bonchev–Trinajstić information content (AvgIpc) is 1.80. The van der Waals surface area contributed by atoms with Crippen molar-refractivity contribution in [3.63, 3.8) is 0 Å². The van der Waals surface area contributed by atoms with E-state index in [2.05, 4.69) is 24.4 Å². The van der Waals surface area contributed by atoms with Gasteiger partial charge >= 0.3 is 12.4 Å². The van der Waals surface area contributed by atoms with Gasteiger partial charge in [-0.1, -0.05) is 24.4 Å². The number of hydrogen-bond acceptors (Lipinski definition) is 2. The van der Waals surface area contributed by atoms with Crippen molar-refractivity contribution in [2.45, 2.75) is 12.4 Å². The fourth-order valence-electron chi connectivity index (χ4n) is 0.257. The Balaban J connectivity index is 4.66. The zero-order valence-electron chi connectivity index (χ0n) is 5.08. The highest BCUT2D eigenvalue weighted by Gasteiger charge is 2.47. The lowest BCUT2D eigenvalue weighted by Gasteiger charge is -2.11. The largest absolute Gasteiger partial charge is 0.427 e. The van der Waals surface area contributed by atoms with Crippen LogP contribution in [0.4, 0.5) is 26.3 Å². The Bertz CT molecular complexity index is 187. The van der Waals surface area contributed by atoms with Gasteiger partial charge in [-0.25, -0.2) is 0 Å². The van der Waals surface area contributed by atoms with E-state index in [1.54, 1.807) is 0 Å². The number of hydrogen-bond donors (Lipinski definition) is 0.